The van der Waals surface area contributed by atoms with Crippen LogP contribution in [0.25, 0.3) is 0 Å². The zero-order valence-corrected chi connectivity index (χ0v) is 19.4. The number of hydrogen-bond donors (Lipinski definition) is 0. The SMILES string of the molecule is COC(=O)C1(C(=O)OC)CC(c2ccc(C)cc2)N(C(=O)OC(C)C)N1C(=O)OC(C)C. The number of nitrogens with zero attached hydrogens (tertiary/aromatic N) is 2. The van der Waals surface area contributed by atoms with E-state index in [2.05, 4.69) is 0 Å². The number of ether oxygens (including phenoxy) is 4. The largest absolute Gasteiger partial charge is 0.467 e. The van der Waals surface area contributed by atoms with Gasteiger partial charge in [0.05, 0.1) is 32.5 Å². The molecule has 0 spiro atoms. The summed E-state index contributed by atoms with van der Waals surface area (Å²) < 4.78 is 20.4. The monoisotopic (exact) mass is 450 g/mol. The molecule has 0 aromatic heterocycles. The predicted molar refractivity (Wildman–Crippen MR) is 112 cm³/mol. The van der Waals surface area contributed by atoms with E-state index in [9.17, 15) is 19.2 Å². The summed E-state index contributed by atoms with van der Waals surface area (Å²) in [7, 11) is 2.16. The highest BCUT2D eigenvalue weighted by Gasteiger charge is 2.67. The van der Waals surface area contributed by atoms with Gasteiger partial charge in [0, 0.05) is 6.42 Å². The van der Waals surface area contributed by atoms with Gasteiger partial charge in [0.1, 0.15) is 0 Å². The molecule has 2 amide bonds. The molecule has 1 atom stereocenters. The van der Waals surface area contributed by atoms with E-state index in [1.807, 2.05) is 19.1 Å². The Labute approximate surface area is 187 Å². The van der Waals surface area contributed by atoms with Crippen molar-refractivity contribution in [3.63, 3.8) is 0 Å². The normalized spacial score (nSPS) is 17.3. The van der Waals surface area contributed by atoms with Crippen molar-refractivity contribution in [3.8, 4) is 0 Å². The number of rotatable bonds is 5. The lowest BCUT2D eigenvalue weighted by molar-refractivity contribution is -0.175. The number of aryl methyl sites for hydroxylation is 1. The van der Waals surface area contributed by atoms with Crippen molar-refractivity contribution >= 4 is 24.1 Å². The van der Waals surface area contributed by atoms with Crippen LogP contribution in [0.1, 0.15) is 51.3 Å². The minimum atomic E-state index is -2.29. The Balaban J connectivity index is 2.77. The van der Waals surface area contributed by atoms with Gasteiger partial charge in [0.25, 0.3) is 5.54 Å². The van der Waals surface area contributed by atoms with Crippen LogP contribution in [0.5, 0.6) is 0 Å². The summed E-state index contributed by atoms with van der Waals surface area (Å²) >= 11 is 0. The van der Waals surface area contributed by atoms with E-state index in [1.165, 1.54) is 0 Å². The molecule has 176 valence electrons. The van der Waals surface area contributed by atoms with Crippen LogP contribution in [0.4, 0.5) is 9.59 Å². The van der Waals surface area contributed by atoms with E-state index in [1.54, 1.807) is 39.8 Å². The van der Waals surface area contributed by atoms with E-state index in [-0.39, 0.29) is 6.42 Å². The number of hydrogen-bond acceptors (Lipinski definition) is 8. The number of methoxy groups -OCH3 is 2. The topological polar surface area (TPSA) is 112 Å². The quantitative estimate of drug-likeness (QED) is 0.382. The minimum Gasteiger partial charge on any atom is -0.467 e. The Hall–Kier alpha value is -3.30. The molecule has 2 rings (SSSR count). The number of carbonyl (C=O) groups excluding carboxylic acids is 4. The Bertz CT molecular complexity index is 849. The molecule has 1 unspecified atom stereocenters. The van der Waals surface area contributed by atoms with Crippen LogP contribution in [0, 0.1) is 6.92 Å². The highest BCUT2D eigenvalue weighted by molar-refractivity contribution is 6.08. The lowest BCUT2D eigenvalue weighted by Crippen LogP contribution is -2.63. The molecule has 10 nitrogen and oxygen atoms in total. The summed E-state index contributed by atoms with van der Waals surface area (Å²) in [6, 6.07) is 6.20. The molecule has 1 aliphatic rings. The first-order chi connectivity index (χ1) is 15.0. The molecule has 32 heavy (non-hydrogen) atoms. The maximum absolute atomic E-state index is 13.2. The number of amides is 2. The molecule has 1 saturated heterocycles. The first kappa shape index (κ1) is 25.0. The molecule has 0 bridgehead atoms. The van der Waals surface area contributed by atoms with Crippen LogP contribution in [0.2, 0.25) is 0 Å². The first-order valence-electron chi connectivity index (χ1n) is 10.2. The third kappa shape index (κ3) is 4.63. The molecule has 1 fully saturated rings. The zero-order valence-electron chi connectivity index (χ0n) is 19.4. The van der Waals surface area contributed by atoms with Crippen molar-refractivity contribution in [2.45, 2.75) is 64.8 Å². The molecule has 1 aliphatic heterocycles. The third-order valence-corrected chi connectivity index (χ3v) is 4.90. The van der Waals surface area contributed by atoms with E-state index in [4.69, 9.17) is 18.9 Å². The van der Waals surface area contributed by atoms with E-state index >= 15 is 0 Å². The van der Waals surface area contributed by atoms with Gasteiger partial charge in [-0.05, 0) is 40.2 Å². The van der Waals surface area contributed by atoms with Crippen LogP contribution < -0.4 is 0 Å². The highest BCUT2D eigenvalue weighted by atomic mass is 16.6. The Morgan fingerprint density at radius 1 is 0.875 bits per heavy atom. The van der Waals surface area contributed by atoms with Crippen LogP contribution in [-0.2, 0) is 28.5 Å². The number of esters is 2. The average molecular weight is 450 g/mol. The Kier molecular flexibility index (Phi) is 7.71. The standard InChI is InChI=1S/C22H30N2O8/c1-13(2)31-20(27)23-17(16-10-8-15(5)9-11-16)12-22(18(25)29-6,19(26)30-7)24(23)21(28)32-14(3)4/h8-11,13-14,17H,12H2,1-7H3. The van der Waals surface area contributed by atoms with Crippen molar-refractivity contribution in [2.75, 3.05) is 14.2 Å². The highest BCUT2D eigenvalue weighted by Crippen LogP contribution is 2.45. The molecule has 1 aromatic carbocycles. The molecule has 10 heteroatoms. The molecule has 1 aromatic rings. The Morgan fingerprint density at radius 2 is 1.34 bits per heavy atom. The number of benzene rings is 1. The second-order valence-electron chi connectivity index (χ2n) is 8.00. The molecule has 0 radical (unpaired) electrons. The van der Waals surface area contributed by atoms with Crippen LogP contribution in [-0.4, -0.2) is 66.1 Å². The fourth-order valence-corrected chi connectivity index (χ4v) is 3.54. The summed E-state index contributed by atoms with van der Waals surface area (Å²) in [6.07, 6.45) is -3.46. The summed E-state index contributed by atoms with van der Waals surface area (Å²) in [5, 5.41) is 1.60. The fraction of sp³-hybridized carbons (Fsp3) is 0.545. The summed E-state index contributed by atoms with van der Waals surface area (Å²) in [5.41, 5.74) is -0.749. The van der Waals surface area contributed by atoms with Crippen LogP contribution in [0.3, 0.4) is 0 Å². The van der Waals surface area contributed by atoms with E-state index in [0.717, 1.165) is 24.8 Å². The fourth-order valence-electron chi connectivity index (χ4n) is 3.54. The van der Waals surface area contributed by atoms with Gasteiger partial charge in [-0.1, -0.05) is 29.8 Å². The smallest absolute Gasteiger partial charge is 0.430 e. The maximum Gasteiger partial charge on any atom is 0.430 e. The minimum absolute atomic E-state index is 0.310. The van der Waals surface area contributed by atoms with Crippen molar-refractivity contribution < 1.29 is 38.1 Å². The molecular weight excluding hydrogens is 420 g/mol. The van der Waals surface area contributed by atoms with Gasteiger partial charge >= 0.3 is 24.1 Å². The van der Waals surface area contributed by atoms with Gasteiger partial charge < -0.3 is 18.9 Å². The van der Waals surface area contributed by atoms with E-state index < -0.39 is 47.9 Å². The molecule has 0 aliphatic carbocycles. The van der Waals surface area contributed by atoms with Crippen LogP contribution in [0.15, 0.2) is 24.3 Å². The lowest BCUT2D eigenvalue weighted by Gasteiger charge is -2.36. The molecule has 0 saturated carbocycles. The summed E-state index contributed by atoms with van der Waals surface area (Å²) in [6.45, 7) is 8.36. The molecular formula is C22H30N2O8. The predicted octanol–water partition coefficient (Wildman–Crippen LogP) is 3.13. The number of carbonyl (C=O) groups is 4. The Morgan fingerprint density at radius 3 is 1.78 bits per heavy atom. The van der Waals surface area contributed by atoms with Crippen molar-refractivity contribution in [1.82, 2.24) is 10.0 Å². The summed E-state index contributed by atoms with van der Waals surface area (Å²) in [5.74, 6) is -2.14. The molecule has 1 heterocycles. The second-order valence-corrected chi connectivity index (χ2v) is 8.00. The van der Waals surface area contributed by atoms with Gasteiger partial charge in [0.2, 0.25) is 0 Å². The second kappa shape index (κ2) is 9.88. The van der Waals surface area contributed by atoms with Gasteiger partial charge in [-0.2, -0.15) is 5.01 Å². The number of hydrazine groups is 1. The van der Waals surface area contributed by atoms with Gasteiger partial charge in [0.15, 0.2) is 0 Å². The van der Waals surface area contributed by atoms with E-state index in [0.29, 0.717) is 10.6 Å². The summed E-state index contributed by atoms with van der Waals surface area (Å²) in [4.78, 5) is 52.4. The lowest BCUT2D eigenvalue weighted by atomic mass is 9.89. The van der Waals surface area contributed by atoms with Crippen LogP contribution >= 0.6 is 0 Å². The average Bonchev–Trinajstić information content (AvgIpc) is 3.09. The third-order valence-electron chi connectivity index (χ3n) is 4.90. The maximum atomic E-state index is 13.2. The van der Waals surface area contributed by atoms with Gasteiger partial charge in [-0.15, -0.1) is 0 Å². The van der Waals surface area contributed by atoms with Gasteiger partial charge in [-0.25, -0.2) is 24.2 Å². The molecule has 0 N–H and O–H groups in total. The zero-order chi connectivity index (χ0) is 24.2. The van der Waals surface area contributed by atoms with Crippen molar-refractivity contribution in [3.05, 3.63) is 35.4 Å². The van der Waals surface area contributed by atoms with Crippen molar-refractivity contribution in [1.29, 1.82) is 0 Å². The first-order valence-corrected chi connectivity index (χ1v) is 10.2. The van der Waals surface area contributed by atoms with Crippen molar-refractivity contribution in [2.24, 2.45) is 0 Å². The van der Waals surface area contributed by atoms with Gasteiger partial charge in [-0.3, -0.25) is 0 Å².